The van der Waals surface area contributed by atoms with Crippen LogP contribution in [0.2, 0.25) is 4.34 Å². The van der Waals surface area contributed by atoms with Gasteiger partial charge in [-0.3, -0.25) is 9.59 Å². The van der Waals surface area contributed by atoms with Gasteiger partial charge in [0.25, 0.3) is 5.91 Å². The highest BCUT2D eigenvalue weighted by molar-refractivity contribution is 9.10. The van der Waals surface area contributed by atoms with Crippen molar-refractivity contribution in [3.63, 3.8) is 0 Å². The maximum atomic E-state index is 12.8. The van der Waals surface area contributed by atoms with E-state index in [-0.39, 0.29) is 12.2 Å². The summed E-state index contributed by atoms with van der Waals surface area (Å²) in [6, 6.07) is 8.56. The lowest BCUT2D eigenvalue weighted by atomic mass is 9.89. The second-order valence-electron chi connectivity index (χ2n) is 5.68. The predicted octanol–water partition coefficient (Wildman–Crippen LogP) is 4.38. The van der Waals surface area contributed by atoms with Crippen LogP contribution in [0.25, 0.3) is 0 Å². The minimum Gasteiger partial charge on any atom is -0.375 e. The average molecular weight is 429 g/mol. The minimum absolute atomic E-state index is 0.299. The fourth-order valence-electron chi connectivity index (χ4n) is 2.92. The fourth-order valence-corrected chi connectivity index (χ4v) is 4.26. The van der Waals surface area contributed by atoms with Crippen LogP contribution in [0.3, 0.4) is 0 Å². The van der Waals surface area contributed by atoms with Gasteiger partial charge in [-0.15, -0.1) is 11.3 Å². The summed E-state index contributed by atoms with van der Waals surface area (Å²) in [5.41, 5.74) is -0.724. The average Bonchev–Trinajstić information content (AvgIpc) is 3.05. The zero-order chi connectivity index (χ0) is 17.5. The van der Waals surface area contributed by atoms with Crippen LogP contribution in [-0.2, 0) is 10.4 Å². The normalized spacial score (nSPS) is 19.7. The van der Waals surface area contributed by atoms with Crippen LogP contribution < -0.4 is 4.90 Å². The summed E-state index contributed by atoms with van der Waals surface area (Å²) >= 11 is 10.4. The SMILES string of the molecule is CCCN1C(=O)C(O)(CC(=O)c2ccc(Cl)s2)c2cc(Br)ccc21. The Balaban J connectivity index is 2.01. The number of carbonyl (C=O) groups is 2. The number of fused-ring (bicyclic) bond motifs is 1. The number of amides is 1. The molecule has 0 saturated heterocycles. The van der Waals surface area contributed by atoms with Crippen molar-refractivity contribution < 1.29 is 14.7 Å². The quantitative estimate of drug-likeness (QED) is 0.719. The van der Waals surface area contributed by atoms with Crippen LogP contribution in [0.1, 0.15) is 35.0 Å². The van der Waals surface area contributed by atoms with Gasteiger partial charge in [-0.1, -0.05) is 34.5 Å². The Morgan fingerprint density at radius 3 is 2.75 bits per heavy atom. The van der Waals surface area contributed by atoms with E-state index in [0.29, 0.717) is 27.0 Å². The third kappa shape index (κ3) is 2.92. The first kappa shape index (κ1) is 17.6. The first-order valence-corrected chi connectivity index (χ1v) is 9.48. The summed E-state index contributed by atoms with van der Waals surface area (Å²) < 4.78 is 1.25. The largest absolute Gasteiger partial charge is 0.375 e. The number of halogens is 2. The maximum Gasteiger partial charge on any atom is 0.264 e. The van der Waals surface area contributed by atoms with E-state index < -0.39 is 11.5 Å². The lowest BCUT2D eigenvalue weighted by Crippen LogP contribution is -2.42. The fraction of sp³-hybridized carbons (Fsp3) is 0.294. The van der Waals surface area contributed by atoms with Gasteiger partial charge >= 0.3 is 0 Å². The topological polar surface area (TPSA) is 57.6 Å². The number of hydrogen-bond donors (Lipinski definition) is 1. The highest BCUT2D eigenvalue weighted by Crippen LogP contribution is 2.44. The Kier molecular flexibility index (Phi) is 4.84. The van der Waals surface area contributed by atoms with Crippen molar-refractivity contribution >= 4 is 56.2 Å². The van der Waals surface area contributed by atoms with Gasteiger partial charge < -0.3 is 10.0 Å². The molecular formula is C17H15BrClNO3S. The Morgan fingerprint density at radius 2 is 2.12 bits per heavy atom. The number of thiophene rings is 1. The molecule has 0 bridgehead atoms. The summed E-state index contributed by atoms with van der Waals surface area (Å²) in [6.07, 6.45) is 0.456. The zero-order valence-corrected chi connectivity index (χ0v) is 16.0. The van der Waals surface area contributed by atoms with E-state index in [0.717, 1.165) is 22.2 Å². The molecule has 0 aliphatic carbocycles. The molecule has 2 heterocycles. The second-order valence-corrected chi connectivity index (χ2v) is 8.31. The lowest BCUT2D eigenvalue weighted by Gasteiger charge is -2.22. The molecule has 0 radical (unpaired) electrons. The second kappa shape index (κ2) is 6.59. The molecule has 4 nitrogen and oxygen atoms in total. The molecule has 126 valence electrons. The highest BCUT2D eigenvalue weighted by atomic mass is 79.9. The number of ketones is 1. The number of benzene rings is 1. The van der Waals surface area contributed by atoms with Gasteiger partial charge in [-0.05, 0) is 36.8 Å². The van der Waals surface area contributed by atoms with Crippen molar-refractivity contribution in [1.82, 2.24) is 0 Å². The summed E-state index contributed by atoms with van der Waals surface area (Å²) in [7, 11) is 0. The third-order valence-electron chi connectivity index (χ3n) is 4.01. The van der Waals surface area contributed by atoms with E-state index in [9.17, 15) is 14.7 Å². The van der Waals surface area contributed by atoms with Gasteiger partial charge in [0, 0.05) is 16.6 Å². The highest BCUT2D eigenvalue weighted by Gasteiger charge is 2.50. The Hall–Kier alpha value is -1.21. The van der Waals surface area contributed by atoms with E-state index in [2.05, 4.69) is 15.9 Å². The summed E-state index contributed by atoms with van der Waals surface area (Å²) in [4.78, 5) is 27.4. The van der Waals surface area contributed by atoms with Crippen molar-refractivity contribution in [2.75, 3.05) is 11.4 Å². The van der Waals surface area contributed by atoms with Gasteiger partial charge in [0.1, 0.15) is 0 Å². The maximum absolute atomic E-state index is 12.8. The van der Waals surface area contributed by atoms with Crippen molar-refractivity contribution in [2.24, 2.45) is 0 Å². The summed E-state index contributed by atoms with van der Waals surface area (Å²) in [5, 5.41) is 11.1. The molecule has 1 aliphatic heterocycles. The molecule has 1 aliphatic rings. The number of nitrogens with zero attached hydrogens (tertiary/aromatic N) is 1. The van der Waals surface area contributed by atoms with Gasteiger partial charge in [-0.2, -0.15) is 0 Å². The smallest absolute Gasteiger partial charge is 0.264 e. The number of Topliss-reactive ketones (excluding diaryl/α,β-unsaturated/α-hetero) is 1. The molecule has 1 aromatic heterocycles. The predicted molar refractivity (Wildman–Crippen MR) is 99.0 cm³/mol. The Morgan fingerprint density at radius 1 is 1.38 bits per heavy atom. The molecule has 2 aromatic rings. The molecule has 24 heavy (non-hydrogen) atoms. The number of rotatable bonds is 5. The van der Waals surface area contributed by atoms with Crippen LogP contribution in [0, 0.1) is 0 Å². The number of hydrogen-bond acceptors (Lipinski definition) is 4. The Bertz CT molecular complexity index is 822. The first-order chi connectivity index (χ1) is 11.4. The molecule has 1 aromatic carbocycles. The minimum atomic E-state index is -1.85. The molecular weight excluding hydrogens is 414 g/mol. The summed E-state index contributed by atoms with van der Waals surface area (Å²) in [6.45, 7) is 2.46. The molecule has 1 unspecified atom stereocenters. The molecule has 7 heteroatoms. The van der Waals surface area contributed by atoms with E-state index in [4.69, 9.17) is 11.6 Å². The number of carbonyl (C=O) groups excluding carboxylic acids is 2. The van der Waals surface area contributed by atoms with E-state index >= 15 is 0 Å². The van der Waals surface area contributed by atoms with Crippen LogP contribution in [0.5, 0.6) is 0 Å². The van der Waals surface area contributed by atoms with Gasteiger partial charge in [0.15, 0.2) is 11.4 Å². The van der Waals surface area contributed by atoms with Crippen molar-refractivity contribution in [2.45, 2.75) is 25.4 Å². The molecule has 1 atom stereocenters. The van der Waals surface area contributed by atoms with E-state index in [1.165, 1.54) is 0 Å². The molecule has 1 N–H and O–H groups in total. The van der Waals surface area contributed by atoms with Crippen LogP contribution in [0.4, 0.5) is 5.69 Å². The number of aliphatic hydroxyl groups is 1. The van der Waals surface area contributed by atoms with Crippen LogP contribution in [-0.4, -0.2) is 23.3 Å². The molecule has 1 amide bonds. The van der Waals surface area contributed by atoms with Gasteiger partial charge in [0.2, 0.25) is 0 Å². The zero-order valence-electron chi connectivity index (χ0n) is 12.9. The number of anilines is 1. The van der Waals surface area contributed by atoms with Gasteiger partial charge in [0.05, 0.1) is 21.3 Å². The molecule has 0 saturated carbocycles. The van der Waals surface area contributed by atoms with Crippen molar-refractivity contribution in [1.29, 1.82) is 0 Å². The van der Waals surface area contributed by atoms with Crippen molar-refractivity contribution in [3.05, 3.63) is 49.6 Å². The standard InChI is InChI=1S/C17H15BrClNO3S/c1-2-7-20-12-4-3-10(18)8-11(12)17(23,16(20)22)9-13(21)14-5-6-15(19)24-14/h3-6,8,23H,2,7,9H2,1H3. The van der Waals surface area contributed by atoms with E-state index in [1.54, 1.807) is 29.2 Å². The monoisotopic (exact) mass is 427 g/mol. The Labute approximate surface area is 157 Å². The molecule has 0 spiro atoms. The summed E-state index contributed by atoms with van der Waals surface area (Å²) in [5.74, 6) is -0.750. The van der Waals surface area contributed by atoms with Crippen LogP contribution >= 0.6 is 38.9 Å². The molecule has 3 rings (SSSR count). The third-order valence-corrected chi connectivity index (χ3v) is 5.77. The van der Waals surface area contributed by atoms with Crippen molar-refractivity contribution in [3.8, 4) is 0 Å². The van der Waals surface area contributed by atoms with Crippen LogP contribution in [0.15, 0.2) is 34.8 Å². The lowest BCUT2D eigenvalue weighted by molar-refractivity contribution is -0.135. The van der Waals surface area contributed by atoms with Gasteiger partial charge in [-0.25, -0.2) is 0 Å². The van der Waals surface area contributed by atoms with E-state index in [1.807, 2.05) is 13.0 Å². The molecule has 0 fully saturated rings. The first-order valence-electron chi connectivity index (χ1n) is 7.49.